The van der Waals surface area contributed by atoms with Gasteiger partial charge in [-0.2, -0.15) is 0 Å². The van der Waals surface area contributed by atoms with Crippen LogP contribution in [-0.2, 0) is 14.4 Å². The number of rotatable bonds is 3. The molecule has 0 spiro atoms. The molecule has 6 nitrogen and oxygen atoms in total. The van der Waals surface area contributed by atoms with E-state index >= 15 is 0 Å². The number of likely N-dealkylation sites (tertiary alicyclic amines) is 1. The van der Waals surface area contributed by atoms with E-state index in [2.05, 4.69) is 0 Å². The van der Waals surface area contributed by atoms with Crippen molar-refractivity contribution < 1.29 is 19.3 Å². The number of carbonyl (C=O) groups excluding carboxylic acids is 3. The van der Waals surface area contributed by atoms with Gasteiger partial charge in [0, 0.05) is 18.8 Å². The van der Waals surface area contributed by atoms with Gasteiger partial charge in [-0.3, -0.25) is 14.4 Å². The van der Waals surface area contributed by atoms with Gasteiger partial charge in [0.1, 0.15) is 0 Å². The van der Waals surface area contributed by atoms with E-state index in [1.807, 2.05) is 18.2 Å². The summed E-state index contributed by atoms with van der Waals surface area (Å²) in [5, 5.41) is 0. The van der Waals surface area contributed by atoms with Crippen molar-refractivity contribution in [2.75, 3.05) is 18.0 Å². The minimum atomic E-state index is -0.332. The summed E-state index contributed by atoms with van der Waals surface area (Å²) >= 11 is 0. The fraction of sp³-hybridized carbons (Fsp3) is 0.438. The third-order valence-corrected chi connectivity index (χ3v) is 4.68. The van der Waals surface area contributed by atoms with Gasteiger partial charge in [0.2, 0.25) is 11.8 Å². The summed E-state index contributed by atoms with van der Waals surface area (Å²) in [6, 6.07) is 8.69. The number of para-hydroxylation sites is 1. The molecule has 6 heteroatoms. The normalized spacial score (nSPS) is 28.9. The SMILES string of the molecule is NC(=O)C1CC[NH+]([C@@H]2CC(=O)N(c3ccccc3)C2=O)CC1. The molecule has 0 radical (unpaired) electrons. The Hall–Kier alpha value is -2.21. The first kappa shape index (κ1) is 14.7. The van der Waals surface area contributed by atoms with Crippen LogP contribution in [0.15, 0.2) is 30.3 Å². The Morgan fingerprint density at radius 1 is 1.14 bits per heavy atom. The zero-order valence-corrected chi connectivity index (χ0v) is 12.3. The lowest BCUT2D eigenvalue weighted by molar-refractivity contribution is -0.920. The summed E-state index contributed by atoms with van der Waals surface area (Å²) in [4.78, 5) is 38.5. The van der Waals surface area contributed by atoms with Gasteiger partial charge in [0.15, 0.2) is 6.04 Å². The monoisotopic (exact) mass is 302 g/mol. The number of hydrogen-bond donors (Lipinski definition) is 2. The van der Waals surface area contributed by atoms with E-state index in [-0.39, 0.29) is 36.1 Å². The summed E-state index contributed by atoms with van der Waals surface area (Å²) in [7, 11) is 0. The molecule has 2 heterocycles. The van der Waals surface area contributed by atoms with E-state index in [9.17, 15) is 14.4 Å². The van der Waals surface area contributed by atoms with Crippen LogP contribution in [0.2, 0.25) is 0 Å². The van der Waals surface area contributed by atoms with Gasteiger partial charge in [-0.25, -0.2) is 4.90 Å². The molecule has 2 aliphatic rings. The lowest BCUT2D eigenvalue weighted by Gasteiger charge is -2.30. The van der Waals surface area contributed by atoms with E-state index in [0.717, 1.165) is 4.90 Å². The minimum absolute atomic E-state index is 0.0961. The lowest BCUT2D eigenvalue weighted by Crippen LogP contribution is -3.17. The minimum Gasteiger partial charge on any atom is -0.369 e. The van der Waals surface area contributed by atoms with Crippen molar-refractivity contribution in [3.63, 3.8) is 0 Å². The topological polar surface area (TPSA) is 84.9 Å². The fourth-order valence-electron chi connectivity index (χ4n) is 3.42. The maximum atomic E-state index is 12.6. The van der Waals surface area contributed by atoms with Crippen LogP contribution in [0.1, 0.15) is 19.3 Å². The number of imide groups is 1. The van der Waals surface area contributed by atoms with Crippen molar-refractivity contribution in [3.05, 3.63) is 30.3 Å². The number of nitrogens with zero attached hydrogens (tertiary/aromatic N) is 1. The molecule has 3 rings (SSSR count). The van der Waals surface area contributed by atoms with Gasteiger partial charge in [-0.05, 0) is 12.1 Å². The van der Waals surface area contributed by atoms with Gasteiger partial charge in [-0.1, -0.05) is 18.2 Å². The summed E-state index contributed by atoms with van der Waals surface area (Å²) in [5.41, 5.74) is 5.97. The van der Waals surface area contributed by atoms with Crippen molar-refractivity contribution in [2.45, 2.75) is 25.3 Å². The summed E-state index contributed by atoms with van der Waals surface area (Å²) in [6.45, 7) is 1.42. The number of quaternary nitrogens is 1. The zero-order valence-electron chi connectivity index (χ0n) is 12.3. The number of amides is 3. The van der Waals surface area contributed by atoms with Crippen LogP contribution in [0.5, 0.6) is 0 Å². The number of piperidine rings is 1. The number of hydrogen-bond acceptors (Lipinski definition) is 3. The number of carbonyl (C=O) groups is 3. The van der Waals surface area contributed by atoms with Crippen LogP contribution in [-0.4, -0.2) is 36.9 Å². The zero-order chi connectivity index (χ0) is 15.7. The fourth-order valence-corrected chi connectivity index (χ4v) is 3.42. The molecule has 2 aliphatic heterocycles. The largest absolute Gasteiger partial charge is 0.369 e. The molecule has 1 aromatic carbocycles. The van der Waals surface area contributed by atoms with Crippen molar-refractivity contribution in [3.8, 4) is 0 Å². The molecular weight excluding hydrogens is 282 g/mol. The third kappa shape index (κ3) is 2.62. The van der Waals surface area contributed by atoms with E-state index in [0.29, 0.717) is 31.6 Å². The van der Waals surface area contributed by atoms with Crippen molar-refractivity contribution in [1.82, 2.24) is 0 Å². The first-order valence-corrected chi connectivity index (χ1v) is 7.63. The van der Waals surface area contributed by atoms with Crippen molar-refractivity contribution in [2.24, 2.45) is 11.7 Å². The van der Waals surface area contributed by atoms with E-state index in [4.69, 9.17) is 5.73 Å². The molecule has 3 N–H and O–H groups in total. The highest BCUT2D eigenvalue weighted by atomic mass is 16.2. The Bertz CT molecular complexity index is 594. The molecule has 0 aromatic heterocycles. The third-order valence-electron chi connectivity index (χ3n) is 4.68. The predicted octanol–water partition coefficient (Wildman–Crippen LogP) is -0.901. The lowest BCUT2D eigenvalue weighted by atomic mass is 9.95. The average molecular weight is 302 g/mol. The Labute approximate surface area is 128 Å². The van der Waals surface area contributed by atoms with E-state index < -0.39 is 0 Å². The van der Waals surface area contributed by atoms with Crippen LogP contribution < -0.4 is 15.5 Å². The highest BCUT2D eigenvalue weighted by Crippen LogP contribution is 2.22. The first-order valence-electron chi connectivity index (χ1n) is 7.63. The van der Waals surface area contributed by atoms with Crippen LogP contribution >= 0.6 is 0 Å². The first-order chi connectivity index (χ1) is 10.6. The Balaban J connectivity index is 1.71. The summed E-state index contributed by atoms with van der Waals surface area (Å²) < 4.78 is 0. The van der Waals surface area contributed by atoms with Gasteiger partial charge in [0.25, 0.3) is 5.91 Å². The molecule has 116 valence electrons. The second-order valence-electron chi connectivity index (χ2n) is 5.99. The molecule has 1 aromatic rings. The number of primary amides is 1. The average Bonchev–Trinajstić information content (AvgIpc) is 2.83. The van der Waals surface area contributed by atoms with Gasteiger partial charge >= 0.3 is 0 Å². The van der Waals surface area contributed by atoms with Crippen molar-refractivity contribution >= 4 is 23.4 Å². The molecule has 0 saturated carbocycles. The van der Waals surface area contributed by atoms with Crippen LogP contribution in [0.25, 0.3) is 0 Å². The van der Waals surface area contributed by atoms with Crippen LogP contribution in [0.3, 0.4) is 0 Å². The van der Waals surface area contributed by atoms with Gasteiger partial charge in [0.05, 0.1) is 25.2 Å². The number of anilines is 1. The van der Waals surface area contributed by atoms with Gasteiger partial charge < -0.3 is 10.6 Å². The summed E-state index contributed by atoms with van der Waals surface area (Å²) in [5.74, 6) is -0.644. The number of nitrogens with one attached hydrogen (secondary N) is 1. The predicted molar refractivity (Wildman–Crippen MR) is 80.0 cm³/mol. The second kappa shape index (κ2) is 5.88. The Kier molecular flexibility index (Phi) is 3.94. The molecule has 0 aliphatic carbocycles. The van der Waals surface area contributed by atoms with Crippen LogP contribution in [0.4, 0.5) is 5.69 Å². The Morgan fingerprint density at radius 2 is 1.77 bits per heavy atom. The maximum absolute atomic E-state index is 12.6. The molecule has 3 amide bonds. The highest BCUT2D eigenvalue weighted by Gasteiger charge is 2.46. The quantitative estimate of drug-likeness (QED) is 0.710. The van der Waals surface area contributed by atoms with E-state index in [1.165, 1.54) is 4.90 Å². The van der Waals surface area contributed by atoms with Crippen LogP contribution in [0, 0.1) is 5.92 Å². The highest BCUT2D eigenvalue weighted by molar-refractivity contribution is 6.21. The molecule has 1 atom stereocenters. The molecular formula is C16H20N3O3+. The number of nitrogens with two attached hydrogens (primary N) is 1. The maximum Gasteiger partial charge on any atom is 0.292 e. The number of benzene rings is 1. The Morgan fingerprint density at radius 3 is 2.36 bits per heavy atom. The molecule has 0 unspecified atom stereocenters. The van der Waals surface area contributed by atoms with E-state index in [1.54, 1.807) is 12.1 Å². The molecule has 2 saturated heterocycles. The smallest absolute Gasteiger partial charge is 0.292 e. The molecule has 0 bridgehead atoms. The van der Waals surface area contributed by atoms with Gasteiger partial charge in [-0.15, -0.1) is 0 Å². The second-order valence-corrected chi connectivity index (χ2v) is 5.99. The summed E-state index contributed by atoms with van der Waals surface area (Å²) in [6.07, 6.45) is 1.62. The molecule has 2 fully saturated rings. The standard InChI is InChI=1S/C16H19N3O3/c17-15(21)11-6-8-18(9-7-11)13-10-14(20)19(16(13)22)12-4-2-1-3-5-12/h1-5,11,13H,6-10H2,(H2,17,21)/p+1/t13-/m1/s1. The molecule has 22 heavy (non-hydrogen) atoms. The van der Waals surface area contributed by atoms with Crippen molar-refractivity contribution in [1.29, 1.82) is 0 Å².